The van der Waals surface area contributed by atoms with Crippen molar-refractivity contribution >= 4 is 44.8 Å². The minimum atomic E-state index is 0.209. The Hall–Kier alpha value is -0.580. The van der Waals surface area contributed by atoms with E-state index in [0.29, 0.717) is 5.75 Å². The van der Waals surface area contributed by atoms with E-state index >= 15 is 0 Å². The number of thiophene rings is 1. The van der Waals surface area contributed by atoms with Crippen LogP contribution in [0.15, 0.2) is 39.0 Å². The average molecular weight is 353 g/mol. The number of carbonyl (C=O) groups excluding carboxylic acids is 1. The second-order valence-corrected chi connectivity index (χ2v) is 8.11. The molecule has 0 spiro atoms. The highest BCUT2D eigenvalue weighted by Gasteiger charge is 2.13. The molecule has 1 aliphatic carbocycles. The summed E-state index contributed by atoms with van der Waals surface area (Å²) in [6, 6.07) is 10.4. The van der Waals surface area contributed by atoms with Gasteiger partial charge >= 0.3 is 0 Å². The van der Waals surface area contributed by atoms with Gasteiger partial charge in [-0.25, -0.2) is 0 Å². The summed E-state index contributed by atoms with van der Waals surface area (Å²) >= 11 is 6.54. The molecule has 1 aromatic carbocycles. The van der Waals surface area contributed by atoms with Gasteiger partial charge in [0.05, 0.1) is 14.4 Å². The summed E-state index contributed by atoms with van der Waals surface area (Å²) < 4.78 is 1.01. The number of fused-ring (bicyclic) bond motifs is 1. The zero-order valence-corrected chi connectivity index (χ0v) is 13.5. The summed E-state index contributed by atoms with van der Waals surface area (Å²) in [5, 5.41) is 0. The number of carbonyl (C=O) groups is 1. The minimum absolute atomic E-state index is 0.209. The summed E-state index contributed by atoms with van der Waals surface area (Å²) in [6.45, 7) is 0. The SMILES string of the molecule is O=C(CSc1ccc2c(c1)CCC2)c1ccc(Br)s1. The normalized spacial score (nSPS) is 13.5. The molecule has 0 amide bonds. The fraction of sp³-hybridized carbons (Fsp3) is 0.267. The van der Waals surface area contributed by atoms with Crippen LogP contribution in [0.4, 0.5) is 0 Å². The molecule has 1 nitrogen and oxygen atoms in total. The number of benzene rings is 1. The first-order valence-corrected chi connectivity index (χ1v) is 8.85. The van der Waals surface area contributed by atoms with Crippen molar-refractivity contribution in [3.05, 3.63) is 50.1 Å². The molecule has 0 fully saturated rings. The Labute approximate surface area is 129 Å². The van der Waals surface area contributed by atoms with Crippen LogP contribution in [-0.4, -0.2) is 11.5 Å². The number of Topliss-reactive ketones (excluding diaryl/α,β-unsaturated/α-hetero) is 1. The number of hydrogen-bond acceptors (Lipinski definition) is 3. The van der Waals surface area contributed by atoms with E-state index in [9.17, 15) is 4.79 Å². The van der Waals surface area contributed by atoms with Crippen molar-refractivity contribution in [1.82, 2.24) is 0 Å². The first-order chi connectivity index (χ1) is 9.22. The van der Waals surface area contributed by atoms with E-state index in [1.807, 2.05) is 12.1 Å². The van der Waals surface area contributed by atoms with Crippen molar-refractivity contribution in [2.75, 3.05) is 5.75 Å². The molecule has 1 heterocycles. The van der Waals surface area contributed by atoms with Crippen LogP contribution in [0.2, 0.25) is 0 Å². The Kier molecular flexibility index (Phi) is 4.10. The summed E-state index contributed by atoms with van der Waals surface area (Å²) in [5.74, 6) is 0.729. The Bertz CT molecular complexity index is 618. The van der Waals surface area contributed by atoms with Gasteiger partial charge in [0.15, 0.2) is 5.78 Å². The number of thioether (sulfide) groups is 1. The maximum Gasteiger partial charge on any atom is 0.183 e. The number of hydrogen-bond donors (Lipinski definition) is 0. The molecule has 0 bridgehead atoms. The minimum Gasteiger partial charge on any atom is -0.292 e. The quantitative estimate of drug-likeness (QED) is 0.570. The van der Waals surface area contributed by atoms with Gasteiger partial charge < -0.3 is 0 Å². The van der Waals surface area contributed by atoms with Crippen molar-refractivity contribution in [1.29, 1.82) is 0 Å². The Morgan fingerprint density at radius 3 is 2.84 bits per heavy atom. The van der Waals surface area contributed by atoms with E-state index in [1.165, 1.54) is 46.6 Å². The second-order valence-electron chi connectivity index (χ2n) is 4.60. The van der Waals surface area contributed by atoms with Crippen molar-refractivity contribution in [2.24, 2.45) is 0 Å². The molecule has 0 radical (unpaired) electrons. The smallest absolute Gasteiger partial charge is 0.183 e. The molecule has 3 rings (SSSR count). The topological polar surface area (TPSA) is 17.1 Å². The molecule has 1 aliphatic rings. The van der Waals surface area contributed by atoms with E-state index < -0.39 is 0 Å². The number of rotatable bonds is 4. The summed E-state index contributed by atoms with van der Waals surface area (Å²) in [7, 11) is 0. The highest BCUT2D eigenvalue weighted by molar-refractivity contribution is 9.11. The molecule has 0 saturated heterocycles. The number of halogens is 1. The third-order valence-corrected chi connectivity index (χ3v) is 5.95. The maximum atomic E-state index is 12.0. The number of ketones is 1. The van der Waals surface area contributed by atoms with Crippen molar-refractivity contribution < 1.29 is 4.79 Å². The van der Waals surface area contributed by atoms with Gasteiger partial charge in [0.25, 0.3) is 0 Å². The Morgan fingerprint density at radius 2 is 2.05 bits per heavy atom. The van der Waals surface area contributed by atoms with Crippen molar-refractivity contribution in [3.8, 4) is 0 Å². The van der Waals surface area contributed by atoms with Crippen molar-refractivity contribution in [3.63, 3.8) is 0 Å². The predicted octanol–water partition coefficient (Wildman–Crippen LogP) is 4.97. The highest BCUT2D eigenvalue weighted by Crippen LogP contribution is 2.29. The van der Waals surface area contributed by atoms with Crippen LogP contribution >= 0.6 is 39.0 Å². The van der Waals surface area contributed by atoms with Gasteiger partial charge in [-0.05, 0) is 70.6 Å². The fourth-order valence-corrected chi connectivity index (χ4v) is 4.58. The molecule has 2 aromatic rings. The molecule has 4 heteroatoms. The monoisotopic (exact) mass is 352 g/mol. The third kappa shape index (κ3) is 3.12. The van der Waals surface area contributed by atoms with Crippen LogP contribution in [0.5, 0.6) is 0 Å². The van der Waals surface area contributed by atoms with Crippen LogP contribution in [0, 0.1) is 0 Å². The molecular weight excluding hydrogens is 340 g/mol. The molecular formula is C15H13BrOS2. The lowest BCUT2D eigenvalue weighted by atomic mass is 10.1. The lowest BCUT2D eigenvalue weighted by Crippen LogP contribution is -1.99. The second kappa shape index (κ2) is 5.81. The van der Waals surface area contributed by atoms with Gasteiger partial charge in [-0.15, -0.1) is 23.1 Å². The summed E-state index contributed by atoms with van der Waals surface area (Å²) in [6.07, 6.45) is 3.67. The predicted molar refractivity (Wildman–Crippen MR) is 85.5 cm³/mol. The molecule has 0 atom stereocenters. The Balaban J connectivity index is 1.64. The van der Waals surface area contributed by atoms with E-state index in [2.05, 4.69) is 34.1 Å². The summed E-state index contributed by atoms with van der Waals surface area (Å²) in [5.41, 5.74) is 2.95. The van der Waals surface area contributed by atoms with Gasteiger partial charge in [-0.2, -0.15) is 0 Å². The molecule has 1 aromatic heterocycles. The lowest BCUT2D eigenvalue weighted by Gasteiger charge is -2.04. The average Bonchev–Trinajstić information content (AvgIpc) is 3.03. The Morgan fingerprint density at radius 1 is 1.21 bits per heavy atom. The third-order valence-electron chi connectivity index (χ3n) is 3.29. The van der Waals surface area contributed by atoms with Crippen LogP contribution < -0.4 is 0 Å². The molecule has 0 N–H and O–H groups in total. The van der Waals surface area contributed by atoms with E-state index in [1.54, 1.807) is 11.8 Å². The highest BCUT2D eigenvalue weighted by atomic mass is 79.9. The van der Waals surface area contributed by atoms with Crippen LogP contribution in [0.3, 0.4) is 0 Å². The molecule has 98 valence electrons. The van der Waals surface area contributed by atoms with Gasteiger partial charge in [0.2, 0.25) is 0 Å². The van der Waals surface area contributed by atoms with Crippen LogP contribution in [0.1, 0.15) is 27.2 Å². The molecule has 19 heavy (non-hydrogen) atoms. The van der Waals surface area contributed by atoms with Crippen LogP contribution in [-0.2, 0) is 12.8 Å². The van der Waals surface area contributed by atoms with Gasteiger partial charge in [0.1, 0.15) is 0 Å². The number of aryl methyl sites for hydroxylation is 2. The zero-order chi connectivity index (χ0) is 13.2. The maximum absolute atomic E-state index is 12.0. The zero-order valence-electron chi connectivity index (χ0n) is 10.3. The van der Waals surface area contributed by atoms with Gasteiger partial charge in [-0.1, -0.05) is 6.07 Å². The standard InChI is InChI=1S/C15H13BrOS2/c16-15-7-6-14(19-15)13(17)9-18-12-5-4-10-2-1-3-11(10)8-12/h4-8H,1-3,9H2. The first-order valence-electron chi connectivity index (χ1n) is 6.25. The van der Waals surface area contributed by atoms with E-state index in [-0.39, 0.29) is 5.78 Å². The van der Waals surface area contributed by atoms with E-state index in [0.717, 1.165) is 8.66 Å². The molecule has 0 saturated carbocycles. The van der Waals surface area contributed by atoms with E-state index in [4.69, 9.17) is 0 Å². The van der Waals surface area contributed by atoms with Gasteiger partial charge in [0, 0.05) is 4.90 Å². The van der Waals surface area contributed by atoms with Crippen LogP contribution in [0.25, 0.3) is 0 Å². The largest absolute Gasteiger partial charge is 0.292 e. The molecule has 0 unspecified atom stereocenters. The van der Waals surface area contributed by atoms with Gasteiger partial charge in [-0.3, -0.25) is 4.79 Å². The summed E-state index contributed by atoms with van der Waals surface area (Å²) in [4.78, 5) is 14.1. The van der Waals surface area contributed by atoms with Crippen molar-refractivity contribution in [2.45, 2.75) is 24.2 Å². The molecule has 0 aliphatic heterocycles. The fourth-order valence-electron chi connectivity index (χ4n) is 2.32. The first kappa shape index (κ1) is 13.4. The lowest BCUT2D eigenvalue weighted by molar-refractivity contribution is 0.102.